The van der Waals surface area contributed by atoms with E-state index in [-0.39, 0.29) is 0 Å². The Labute approximate surface area is 132 Å². The maximum absolute atomic E-state index is 5.25. The van der Waals surface area contributed by atoms with Crippen LogP contribution < -0.4 is 10.1 Å². The molecule has 0 bridgehead atoms. The van der Waals surface area contributed by atoms with Gasteiger partial charge in [-0.15, -0.1) is 11.8 Å². The van der Waals surface area contributed by atoms with Crippen LogP contribution in [0.5, 0.6) is 5.75 Å². The summed E-state index contributed by atoms with van der Waals surface area (Å²) in [6.45, 7) is 0.961. The topological polar surface area (TPSA) is 21.3 Å². The first-order valence-electron chi connectivity index (χ1n) is 6.57. The molecule has 20 heavy (non-hydrogen) atoms. The first-order chi connectivity index (χ1) is 9.78. The summed E-state index contributed by atoms with van der Waals surface area (Å²) in [5.74, 6) is 2.60. The van der Waals surface area contributed by atoms with Crippen molar-refractivity contribution < 1.29 is 4.74 Å². The first-order valence-corrected chi connectivity index (χ1v) is 8.35. The van der Waals surface area contributed by atoms with E-state index in [0.29, 0.717) is 5.92 Å². The molecule has 1 atom stereocenters. The normalized spacial score (nSPS) is 16.8. The summed E-state index contributed by atoms with van der Waals surface area (Å²) >= 11 is 5.47. The molecule has 0 saturated carbocycles. The molecule has 0 spiro atoms. The van der Waals surface area contributed by atoms with Gasteiger partial charge in [-0.3, -0.25) is 0 Å². The Morgan fingerprint density at radius 2 is 2.15 bits per heavy atom. The Hall–Kier alpha value is -1.13. The molecule has 1 aliphatic heterocycles. The second-order valence-corrected chi connectivity index (χ2v) is 6.69. The third kappa shape index (κ3) is 2.81. The minimum Gasteiger partial charge on any atom is -0.496 e. The van der Waals surface area contributed by atoms with Gasteiger partial charge in [0.25, 0.3) is 0 Å². The number of rotatable bonds is 4. The van der Waals surface area contributed by atoms with Crippen LogP contribution in [0.1, 0.15) is 11.5 Å². The highest BCUT2D eigenvalue weighted by Gasteiger charge is 2.22. The van der Waals surface area contributed by atoms with Gasteiger partial charge >= 0.3 is 0 Å². The molecule has 1 aliphatic rings. The van der Waals surface area contributed by atoms with Crippen molar-refractivity contribution in [2.24, 2.45) is 0 Å². The van der Waals surface area contributed by atoms with E-state index in [4.69, 9.17) is 4.74 Å². The van der Waals surface area contributed by atoms with Crippen LogP contribution in [0.15, 0.2) is 51.8 Å². The molecule has 4 heteroatoms. The zero-order valence-corrected chi connectivity index (χ0v) is 13.6. The van der Waals surface area contributed by atoms with Gasteiger partial charge in [-0.1, -0.05) is 18.2 Å². The fourth-order valence-electron chi connectivity index (χ4n) is 2.42. The highest BCUT2D eigenvalue weighted by atomic mass is 79.9. The van der Waals surface area contributed by atoms with E-state index >= 15 is 0 Å². The van der Waals surface area contributed by atoms with Crippen molar-refractivity contribution in [1.29, 1.82) is 0 Å². The average molecular weight is 350 g/mol. The van der Waals surface area contributed by atoms with Gasteiger partial charge in [-0.2, -0.15) is 0 Å². The second kappa shape index (κ2) is 6.10. The molecule has 1 N–H and O–H groups in total. The van der Waals surface area contributed by atoms with Crippen LogP contribution in [0.4, 0.5) is 5.69 Å². The third-order valence-electron chi connectivity index (χ3n) is 3.50. The van der Waals surface area contributed by atoms with Crippen LogP contribution >= 0.6 is 27.7 Å². The Morgan fingerprint density at radius 3 is 2.95 bits per heavy atom. The van der Waals surface area contributed by atoms with Gasteiger partial charge in [0.2, 0.25) is 0 Å². The standard InChI is InChI=1S/C16H16BrNOS/c1-19-15-7-6-12(8-14(15)17)18-9-11-10-20-16-5-3-2-4-13(11)16/h2-8,11,18H,9-10H2,1H3. The van der Waals surface area contributed by atoms with Crippen LogP contribution in [0, 0.1) is 0 Å². The number of thioether (sulfide) groups is 1. The van der Waals surface area contributed by atoms with Gasteiger partial charge in [-0.25, -0.2) is 0 Å². The summed E-state index contributed by atoms with van der Waals surface area (Å²) in [5.41, 5.74) is 2.59. The summed E-state index contributed by atoms with van der Waals surface area (Å²) in [7, 11) is 1.68. The van der Waals surface area contributed by atoms with Gasteiger partial charge in [0.05, 0.1) is 11.6 Å². The monoisotopic (exact) mass is 349 g/mol. The summed E-state index contributed by atoms with van der Waals surface area (Å²) in [5, 5.41) is 3.52. The van der Waals surface area contributed by atoms with Gasteiger partial charge in [0, 0.05) is 28.8 Å². The largest absolute Gasteiger partial charge is 0.496 e. The van der Waals surface area contributed by atoms with E-state index in [1.807, 2.05) is 17.8 Å². The number of hydrogen-bond acceptors (Lipinski definition) is 3. The predicted octanol–water partition coefficient (Wildman–Crippen LogP) is 4.76. The van der Waals surface area contributed by atoms with Gasteiger partial charge in [0.15, 0.2) is 0 Å². The molecule has 2 nitrogen and oxygen atoms in total. The van der Waals surface area contributed by atoms with Gasteiger partial charge in [0.1, 0.15) is 5.75 Å². The smallest absolute Gasteiger partial charge is 0.133 e. The number of nitrogens with one attached hydrogen (secondary N) is 1. The highest BCUT2D eigenvalue weighted by Crippen LogP contribution is 2.39. The molecule has 2 aromatic carbocycles. The van der Waals surface area contributed by atoms with Crippen LogP contribution in [0.25, 0.3) is 0 Å². The maximum Gasteiger partial charge on any atom is 0.133 e. The van der Waals surface area contributed by atoms with E-state index in [0.717, 1.165) is 28.2 Å². The molecule has 0 saturated heterocycles. The van der Waals surface area contributed by atoms with Crippen molar-refractivity contribution >= 4 is 33.4 Å². The van der Waals surface area contributed by atoms with Crippen molar-refractivity contribution in [2.75, 3.05) is 24.7 Å². The van der Waals surface area contributed by atoms with E-state index in [1.165, 1.54) is 10.5 Å². The lowest BCUT2D eigenvalue weighted by molar-refractivity contribution is 0.412. The van der Waals surface area contributed by atoms with Crippen LogP contribution in [0.3, 0.4) is 0 Å². The molecular weight excluding hydrogens is 334 g/mol. The Bertz CT molecular complexity index is 617. The van der Waals surface area contributed by atoms with E-state index in [9.17, 15) is 0 Å². The van der Waals surface area contributed by atoms with Crippen molar-refractivity contribution in [2.45, 2.75) is 10.8 Å². The summed E-state index contributed by atoms with van der Waals surface area (Å²) in [6.07, 6.45) is 0. The number of benzene rings is 2. The summed E-state index contributed by atoms with van der Waals surface area (Å²) in [6, 6.07) is 14.8. The molecular formula is C16H16BrNOS. The molecule has 2 aromatic rings. The van der Waals surface area contributed by atoms with Gasteiger partial charge in [-0.05, 0) is 45.8 Å². The van der Waals surface area contributed by atoms with E-state index < -0.39 is 0 Å². The number of hydrogen-bond donors (Lipinski definition) is 1. The van der Waals surface area contributed by atoms with Crippen LogP contribution in [-0.2, 0) is 0 Å². The molecule has 104 valence electrons. The maximum atomic E-state index is 5.25. The number of methoxy groups -OCH3 is 1. The Balaban J connectivity index is 1.67. The molecule has 1 unspecified atom stereocenters. The summed E-state index contributed by atoms with van der Waals surface area (Å²) < 4.78 is 6.22. The first kappa shape index (κ1) is 13.8. The molecule has 0 aromatic heterocycles. The fraction of sp³-hybridized carbons (Fsp3) is 0.250. The zero-order valence-electron chi connectivity index (χ0n) is 11.2. The lowest BCUT2D eigenvalue weighted by Crippen LogP contribution is -2.12. The molecule has 3 rings (SSSR count). The Kier molecular flexibility index (Phi) is 4.22. The molecule has 0 aliphatic carbocycles. The second-order valence-electron chi connectivity index (χ2n) is 4.78. The quantitative estimate of drug-likeness (QED) is 0.859. The van der Waals surface area contributed by atoms with E-state index in [2.05, 4.69) is 57.6 Å². The zero-order chi connectivity index (χ0) is 13.9. The number of ether oxygens (including phenoxy) is 1. The fourth-order valence-corrected chi connectivity index (χ4v) is 4.21. The molecule has 0 amide bonds. The van der Waals surface area contributed by atoms with Crippen LogP contribution in [-0.4, -0.2) is 19.4 Å². The predicted molar refractivity (Wildman–Crippen MR) is 89.1 cm³/mol. The lowest BCUT2D eigenvalue weighted by Gasteiger charge is -2.14. The minimum absolute atomic E-state index is 0.581. The van der Waals surface area contributed by atoms with Crippen LogP contribution in [0.2, 0.25) is 0 Å². The van der Waals surface area contributed by atoms with Crippen molar-refractivity contribution in [3.05, 3.63) is 52.5 Å². The lowest BCUT2D eigenvalue weighted by atomic mass is 10.0. The van der Waals surface area contributed by atoms with E-state index in [1.54, 1.807) is 7.11 Å². The molecule has 0 radical (unpaired) electrons. The third-order valence-corrected chi connectivity index (χ3v) is 5.37. The molecule has 0 fully saturated rings. The van der Waals surface area contributed by atoms with Crippen molar-refractivity contribution in [3.8, 4) is 5.75 Å². The van der Waals surface area contributed by atoms with Crippen molar-refractivity contribution in [1.82, 2.24) is 0 Å². The number of anilines is 1. The summed E-state index contributed by atoms with van der Waals surface area (Å²) in [4.78, 5) is 1.43. The van der Waals surface area contributed by atoms with Crippen molar-refractivity contribution in [3.63, 3.8) is 0 Å². The number of fused-ring (bicyclic) bond motifs is 1. The minimum atomic E-state index is 0.581. The van der Waals surface area contributed by atoms with Gasteiger partial charge < -0.3 is 10.1 Å². The SMILES string of the molecule is COc1ccc(NCC2CSc3ccccc32)cc1Br. The highest BCUT2D eigenvalue weighted by molar-refractivity contribution is 9.10. The molecule has 1 heterocycles. The Morgan fingerprint density at radius 1 is 1.30 bits per heavy atom. The average Bonchev–Trinajstić information content (AvgIpc) is 2.88. The number of halogens is 1.